The molecule has 1 saturated heterocycles. The molecule has 1 saturated carbocycles. The molecule has 0 unspecified atom stereocenters. The highest BCUT2D eigenvalue weighted by Crippen LogP contribution is 2.38. The third kappa shape index (κ3) is 2.34. The zero-order chi connectivity index (χ0) is 16.1. The summed E-state index contributed by atoms with van der Waals surface area (Å²) in [5.74, 6) is 2.54. The van der Waals surface area contributed by atoms with E-state index >= 15 is 0 Å². The molecule has 8 nitrogen and oxygen atoms in total. The number of anilines is 1. The summed E-state index contributed by atoms with van der Waals surface area (Å²) >= 11 is 0. The van der Waals surface area contributed by atoms with Gasteiger partial charge in [0.15, 0.2) is 17.9 Å². The molecule has 1 aliphatic carbocycles. The van der Waals surface area contributed by atoms with Gasteiger partial charge >= 0.3 is 0 Å². The van der Waals surface area contributed by atoms with E-state index in [0.29, 0.717) is 12.0 Å². The number of aromatic nitrogens is 5. The molecule has 0 atom stereocenters. The van der Waals surface area contributed by atoms with E-state index in [1.165, 1.54) is 19.2 Å². The first-order valence-electron chi connectivity index (χ1n) is 8.32. The standard InChI is InChI=1S/C16H19N7O/c1-21(6-12-9-24-10-17-12)13-7-22(8-13)15-5-4-14-18-19-16(11-2-3-11)23(14)20-15/h4-5,9-11,13H,2-3,6-8H2,1H3. The molecule has 5 rings (SSSR count). The van der Waals surface area contributed by atoms with Gasteiger partial charge in [0.1, 0.15) is 12.1 Å². The van der Waals surface area contributed by atoms with Crippen molar-refractivity contribution in [2.24, 2.45) is 0 Å². The van der Waals surface area contributed by atoms with Crippen LogP contribution >= 0.6 is 0 Å². The lowest BCUT2D eigenvalue weighted by atomic mass is 10.1. The second-order valence-electron chi connectivity index (χ2n) is 6.75. The van der Waals surface area contributed by atoms with Crippen molar-refractivity contribution < 1.29 is 4.42 Å². The molecule has 0 N–H and O–H groups in total. The van der Waals surface area contributed by atoms with E-state index in [2.05, 4.69) is 32.0 Å². The predicted molar refractivity (Wildman–Crippen MR) is 86.7 cm³/mol. The smallest absolute Gasteiger partial charge is 0.180 e. The Morgan fingerprint density at radius 3 is 2.88 bits per heavy atom. The van der Waals surface area contributed by atoms with Crippen LogP contribution < -0.4 is 4.90 Å². The van der Waals surface area contributed by atoms with Crippen LogP contribution in [0, 0.1) is 0 Å². The highest BCUT2D eigenvalue weighted by molar-refractivity contribution is 5.48. The third-order valence-electron chi connectivity index (χ3n) is 4.92. The average Bonchev–Trinajstić information content (AvgIpc) is 3.08. The molecule has 0 radical (unpaired) electrons. The van der Waals surface area contributed by atoms with E-state index in [0.717, 1.165) is 42.6 Å². The number of rotatable bonds is 5. The lowest BCUT2D eigenvalue weighted by Gasteiger charge is -2.44. The fourth-order valence-corrected chi connectivity index (χ4v) is 3.18. The highest BCUT2D eigenvalue weighted by Gasteiger charge is 2.33. The quantitative estimate of drug-likeness (QED) is 0.700. The Morgan fingerprint density at radius 1 is 1.25 bits per heavy atom. The maximum Gasteiger partial charge on any atom is 0.180 e. The van der Waals surface area contributed by atoms with E-state index in [-0.39, 0.29) is 0 Å². The van der Waals surface area contributed by atoms with E-state index < -0.39 is 0 Å². The van der Waals surface area contributed by atoms with Crippen molar-refractivity contribution in [2.75, 3.05) is 25.0 Å². The lowest BCUT2D eigenvalue weighted by Crippen LogP contribution is -2.58. The summed E-state index contributed by atoms with van der Waals surface area (Å²) in [6.07, 6.45) is 5.58. The van der Waals surface area contributed by atoms with Crippen molar-refractivity contribution in [1.29, 1.82) is 0 Å². The monoisotopic (exact) mass is 325 g/mol. The number of nitrogens with zero attached hydrogens (tertiary/aromatic N) is 7. The van der Waals surface area contributed by atoms with Gasteiger partial charge in [0.25, 0.3) is 0 Å². The zero-order valence-corrected chi connectivity index (χ0v) is 13.5. The predicted octanol–water partition coefficient (Wildman–Crippen LogP) is 1.31. The largest absolute Gasteiger partial charge is 0.451 e. The molecule has 2 aliphatic rings. The number of hydrogen-bond acceptors (Lipinski definition) is 7. The molecule has 0 aromatic carbocycles. The fourth-order valence-electron chi connectivity index (χ4n) is 3.18. The van der Waals surface area contributed by atoms with E-state index in [9.17, 15) is 0 Å². The molecule has 0 amide bonds. The fraction of sp³-hybridized carbons (Fsp3) is 0.500. The summed E-state index contributed by atoms with van der Waals surface area (Å²) in [5, 5.41) is 13.3. The van der Waals surface area contributed by atoms with Gasteiger partial charge in [0.05, 0.1) is 5.69 Å². The first-order chi connectivity index (χ1) is 11.8. The Labute approximate surface area is 139 Å². The van der Waals surface area contributed by atoms with Crippen LogP contribution in [0.15, 0.2) is 29.2 Å². The molecule has 1 aliphatic heterocycles. The molecule has 8 heteroatoms. The van der Waals surface area contributed by atoms with Crippen LogP contribution in [0.4, 0.5) is 5.82 Å². The Balaban J connectivity index is 1.28. The van der Waals surface area contributed by atoms with Gasteiger partial charge in [-0.3, -0.25) is 4.90 Å². The van der Waals surface area contributed by atoms with Crippen molar-refractivity contribution >= 4 is 11.5 Å². The second-order valence-corrected chi connectivity index (χ2v) is 6.75. The maximum absolute atomic E-state index is 5.03. The van der Waals surface area contributed by atoms with Crippen molar-refractivity contribution in [3.05, 3.63) is 36.3 Å². The average molecular weight is 325 g/mol. The second kappa shape index (κ2) is 5.27. The van der Waals surface area contributed by atoms with Crippen LogP contribution in [0.3, 0.4) is 0 Å². The molecule has 2 fully saturated rings. The Bertz CT molecular complexity index is 849. The number of hydrogen-bond donors (Lipinski definition) is 0. The molecule has 3 aromatic heterocycles. The van der Waals surface area contributed by atoms with Crippen molar-refractivity contribution in [1.82, 2.24) is 29.7 Å². The van der Waals surface area contributed by atoms with Crippen molar-refractivity contribution in [3.63, 3.8) is 0 Å². The van der Waals surface area contributed by atoms with E-state index in [4.69, 9.17) is 9.52 Å². The minimum absolute atomic E-state index is 0.503. The van der Waals surface area contributed by atoms with Crippen LogP contribution in [0.2, 0.25) is 0 Å². The summed E-state index contributed by atoms with van der Waals surface area (Å²) in [6, 6.07) is 4.55. The molecule has 24 heavy (non-hydrogen) atoms. The normalized spacial score (nSPS) is 18.5. The van der Waals surface area contributed by atoms with Crippen LogP contribution in [-0.2, 0) is 6.54 Å². The molecule has 0 spiro atoms. The number of likely N-dealkylation sites (N-methyl/N-ethyl adjacent to an activating group) is 1. The van der Waals surface area contributed by atoms with Gasteiger partial charge < -0.3 is 9.32 Å². The summed E-state index contributed by atoms with van der Waals surface area (Å²) in [5.41, 5.74) is 1.80. The summed E-state index contributed by atoms with van der Waals surface area (Å²) < 4.78 is 6.95. The minimum atomic E-state index is 0.503. The van der Waals surface area contributed by atoms with Crippen LogP contribution in [0.25, 0.3) is 5.65 Å². The Hall–Kier alpha value is -2.48. The molecule has 124 valence electrons. The zero-order valence-electron chi connectivity index (χ0n) is 13.5. The Kier molecular flexibility index (Phi) is 3.05. The topological polar surface area (TPSA) is 75.6 Å². The molecular formula is C16H19N7O. The number of oxazole rings is 1. The molecule has 4 heterocycles. The highest BCUT2D eigenvalue weighted by atomic mass is 16.3. The Morgan fingerprint density at radius 2 is 2.12 bits per heavy atom. The van der Waals surface area contributed by atoms with Gasteiger partial charge in [-0.2, -0.15) is 4.52 Å². The van der Waals surface area contributed by atoms with Crippen LogP contribution in [0.1, 0.15) is 30.3 Å². The van der Waals surface area contributed by atoms with E-state index in [1.54, 1.807) is 6.26 Å². The molecule has 0 bridgehead atoms. The van der Waals surface area contributed by atoms with Crippen LogP contribution in [-0.4, -0.2) is 55.9 Å². The van der Waals surface area contributed by atoms with Gasteiger partial charge in [-0.05, 0) is 32.0 Å². The summed E-state index contributed by atoms with van der Waals surface area (Å²) in [4.78, 5) is 8.78. The first-order valence-corrected chi connectivity index (χ1v) is 8.32. The number of fused-ring (bicyclic) bond motifs is 1. The van der Waals surface area contributed by atoms with Crippen LogP contribution in [0.5, 0.6) is 0 Å². The maximum atomic E-state index is 5.03. The van der Waals surface area contributed by atoms with E-state index in [1.807, 2.05) is 16.6 Å². The van der Waals surface area contributed by atoms with Gasteiger partial charge in [-0.1, -0.05) is 0 Å². The summed E-state index contributed by atoms with van der Waals surface area (Å²) in [7, 11) is 2.12. The van der Waals surface area contributed by atoms with Gasteiger partial charge in [0, 0.05) is 31.6 Å². The SMILES string of the molecule is CN(Cc1cocn1)C1CN(c2ccc3nnc(C4CC4)n3n2)C1. The van der Waals surface area contributed by atoms with Gasteiger partial charge in [0.2, 0.25) is 0 Å². The van der Waals surface area contributed by atoms with Gasteiger partial charge in [-0.25, -0.2) is 4.98 Å². The van der Waals surface area contributed by atoms with Crippen molar-refractivity contribution in [3.8, 4) is 0 Å². The molecular weight excluding hydrogens is 306 g/mol. The molecule has 3 aromatic rings. The first kappa shape index (κ1) is 13.9. The third-order valence-corrected chi connectivity index (χ3v) is 4.92. The van der Waals surface area contributed by atoms with Gasteiger partial charge in [-0.15, -0.1) is 15.3 Å². The lowest BCUT2D eigenvalue weighted by molar-refractivity contribution is 0.194. The van der Waals surface area contributed by atoms with Crippen molar-refractivity contribution in [2.45, 2.75) is 31.3 Å². The minimum Gasteiger partial charge on any atom is -0.451 e. The summed E-state index contributed by atoms with van der Waals surface area (Å²) in [6.45, 7) is 2.74.